The number of benzene rings is 2. The van der Waals surface area contributed by atoms with Crippen molar-refractivity contribution in [1.82, 2.24) is 4.90 Å². The normalized spacial score (nSPS) is 22.3. The highest BCUT2D eigenvalue weighted by Crippen LogP contribution is 2.40. The first-order chi connectivity index (χ1) is 14.0. The van der Waals surface area contributed by atoms with Gasteiger partial charge in [0.05, 0.1) is 5.69 Å². The van der Waals surface area contributed by atoms with Gasteiger partial charge in [0.2, 0.25) is 6.54 Å². The monoisotopic (exact) mass is 394 g/mol. The fourth-order valence-corrected chi connectivity index (χ4v) is 4.35. The van der Waals surface area contributed by atoms with Crippen LogP contribution >= 0.6 is 0 Å². The number of rotatable bonds is 4. The van der Waals surface area contributed by atoms with Gasteiger partial charge in [-0.3, -0.25) is 19.9 Å². The van der Waals surface area contributed by atoms with Crippen molar-refractivity contribution < 1.29 is 14.5 Å². The van der Waals surface area contributed by atoms with E-state index < -0.39 is 29.2 Å². The molecule has 0 aliphatic carbocycles. The lowest BCUT2D eigenvalue weighted by Gasteiger charge is -2.53. The molecule has 0 N–H and O–H groups in total. The predicted octanol–water partition coefficient (Wildman–Crippen LogP) is 4.10. The summed E-state index contributed by atoms with van der Waals surface area (Å²) < 4.78 is 0. The van der Waals surface area contributed by atoms with E-state index in [0.717, 1.165) is 17.7 Å². The molecule has 2 fully saturated rings. The van der Waals surface area contributed by atoms with Crippen molar-refractivity contribution in [2.75, 3.05) is 22.9 Å². The Labute approximate surface area is 168 Å². The molecule has 8 heteroatoms. The van der Waals surface area contributed by atoms with Gasteiger partial charge in [-0.2, -0.15) is 0 Å². The molecule has 0 bridgehead atoms. The largest absolute Gasteiger partial charge is 0.339 e. The van der Waals surface area contributed by atoms with Crippen LogP contribution in [-0.2, 0) is 0 Å². The third-order valence-corrected chi connectivity index (χ3v) is 5.59. The second-order valence-electron chi connectivity index (χ2n) is 7.34. The highest BCUT2D eigenvalue weighted by atomic mass is 16.6. The Kier molecular flexibility index (Phi) is 4.92. The number of imide groups is 1. The molecule has 0 saturated carbocycles. The van der Waals surface area contributed by atoms with Crippen molar-refractivity contribution in [2.24, 2.45) is 0 Å². The van der Waals surface area contributed by atoms with Crippen LogP contribution in [0, 0.1) is 10.1 Å². The minimum Gasteiger partial charge on any atom is -0.294 e. The maximum absolute atomic E-state index is 13.7. The first kappa shape index (κ1) is 18.9. The van der Waals surface area contributed by atoms with E-state index >= 15 is 0 Å². The number of hydrogen-bond donors (Lipinski definition) is 0. The molecule has 2 heterocycles. The molecule has 2 saturated heterocycles. The number of carbonyl (C=O) groups excluding carboxylic acids is 2. The van der Waals surface area contributed by atoms with Crippen LogP contribution in [0.1, 0.15) is 25.7 Å². The first-order valence-electron chi connectivity index (χ1n) is 9.72. The van der Waals surface area contributed by atoms with Crippen LogP contribution in [-0.4, -0.2) is 40.6 Å². The standard InChI is InChI=1S/C21H22N4O4/c26-19-22-15-9-3-8-14-21(22,16-23(28)29)25(18-12-6-2-7-13-18)20(27)24(19)17-10-4-1-5-11-17/h1-2,4-7,10-13H,3,8-9,14-16H2/t21-/m1/s1. The minimum absolute atomic E-state index is 0.364. The zero-order valence-electron chi connectivity index (χ0n) is 15.9. The average Bonchev–Trinajstić information content (AvgIpc) is 2.92. The van der Waals surface area contributed by atoms with Crippen molar-refractivity contribution in [2.45, 2.75) is 31.3 Å². The number of fused-ring (bicyclic) bond motifs is 1. The van der Waals surface area contributed by atoms with Crippen molar-refractivity contribution in [3.8, 4) is 0 Å². The van der Waals surface area contributed by atoms with E-state index in [1.54, 1.807) is 54.6 Å². The first-order valence-corrected chi connectivity index (χ1v) is 9.72. The fraction of sp³-hybridized carbons (Fsp3) is 0.333. The molecule has 2 aromatic carbocycles. The van der Waals surface area contributed by atoms with Crippen molar-refractivity contribution in [3.63, 3.8) is 0 Å². The molecule has 29 heavy (non-hydrogen) atoms. The number of nitrogens with zero attached hydrogens (tertiary/aromatic N) is 4. The summed E-state index contributed by atoms with van der Waals surface area (Å²) in [6.45, 7) is -0.144. The second-order valence-corrected chi connectivity index (χ2v) is 7.34. The fourth-order valence-electron chi connectivity index (χ4n) is 4.35. The molecule has 2 aliphatic heterocycles. The van der Waals surface area contributed by atoms with Gasteiger partial charge in [-0.25, -0.2) is 14.5 Å². The highest BCUT2D eigenvalue weighted by Gasteiger charge is 2.58. The number of anilines is 2. The molecule has 0 unspecified atom stereocenters. The maximum atomic E-state index is 13.7. The number of amides is 4. The lowest BCUT2D eigenvalue weighted by molar-refractivity contribution is -0.494. The quantitative estimate of drug-likeness (QED) is 0.577. The van der Waals surface area contributed by atoms with Crippen LogP contribution in [0.15, 0.2) is 60.7 Å². The van der Waals surface area contributed by atoms with E-state index in [0.29, 0.717) is 30.8 Å². The molecule has 0 spiro atoms. The summed E-state index contributed by atoms with van der Waals surface area (Å²) in [5, 5.41) is 11.7. The summed E-state index contributed by atoms with van der Waals surface area (Å²) in [7, 11) is 0. The molecule has 150 valence electrons. The van der Waals surface area contributed by atoms with Crippen LogP contribution in [0.5, 0.6) is 0 Å². The summed E-state index contributed by atoms with van der Waals surface area (Å²) in [6.07, 6.45) is 2.67. The van der Waals surface area contributed by atoms with Crippen LogP contribution in [0.2, 0.25) is 0 Å². The molecule has 2 aliphatic rings. The molecule has 0 radical (unpaired) electrons. The van der Waals surface area contributed by atoms with Gasteiger partial charge in [0, 0.05) is 17.2 Å². The predicted molar refractivity (Wildman–Crippen MR) is 108 cm³/mol. The molecule has 8 nitrogen and oxygen atoms in total. The summed E-state index contributed by atoms with van der Waals surface area (Å²) >= 11 is 0. The number of nitro groups is 1. The molecule has 2 aromatic rings. The van der Waals surface area contributed by atoms with Gasteiger partial charge in [-0.05, 0) is 43.5 Å². The number of carbonyl (C=O) groups is 2. The highest BCUT2D eigenvalue weighted by molar-refractivity contribution is 6.21. The van der Waals surface area contributed by atoms with E-state index in [-0.39, 0.29) is 0 Å². The van der Waals surface area contributed by atoms with E-state index in [1.807, 2.05) is 6.07 Å². The Morgan fingerprint density at radius 2 is 1.48 bits per heavy atom. The second kappa shape index (κ2) is 7.54. The van der Waals surface area contributed by atoms with E-state index in [1.165, 1.54) is 9.80 Å². The van der Waals surface area contributed by atoms with E-state index in [2.05, 4.69) is 0 Å². The third kappa shape index (κ3) is 3.20. The SMILES string of the molecule is O=C1N(c2ccccc2)C(=O)N(c2ccccc2)[C@@]2(C[N+](=O)[O-])CCCCCN12. The molecular weight excluding hydrogens is 372 g/mol. The molecule has 4 rings (SSSR count). The Morgan fingerprint density at radius 1 is 0.862 bits per heavy atom. The van der Waals surface area contributed by atoms with Gasteiger partial charge < -0.3 is 0 Å². The van der Waals surface area contributed by atoms with Gasteiger partial charge in [-0.1, -0.05) is 42.8 Å². The third-order valence-electron chi connectivity index (χ3n) is 5.59. The van der Waals surface area contributed by atoms with Crippen molar-refractivity contribution in [1.29, 1.82) is 0 Å². The summed E-state index contributed by atoms with van der Waals surface area (Å²) in [4.78, 5) is 42.5. The molecular formula is C21H22N4O4. The Bertz CT molecular complexity index is 921. The Hall–Kier alpha value is -3.42. The zero-order chi connectivity index (χ0) is 20.4. The van der Waals surface area contributed by atoms with Gasteiger partial charge in [0.1, 0.15) is 0 Å². The minimum atomic E-state index is -1.32. The Morgan fingerprint density at radius 3 is 2.10 bits per heavy atom. The lowest BCUT2D eigenvalue weighted by atomic mass is 9.97. The van der Waals surface area contributed by atoms with Gasteiger partial charge >= 0.3 is 12.1 Å². The summed E-state index contributed by atoms with van der Waals surface area (Å²) in [6, 6.07) is 16.5. The van der Waals surface area contributed by atoms with Crippen LogP contribution in [0.4, 0.5) is 21.0 Å². The van der Waals surface area contributed by atoms with E-state index in [4.69, 9.17) is 0 Å². The van der Waals surface area contributed by atoms with Gasteiger partial charge in [0.25, 0.3) is 0 Å². The van der Waals surface area contributed by atoms with Crippen LogP contribution in [0.25, 0.3) is 0 Å². The number of para-hydroxylation sites is 2. The zero-order valence-corrected chi connectivity index (χ0v) is 15.9. The van der Waals surface area contributed by atoms with Crippen LogP contribution in [0.3, 0.4) is 0 Å². The van der Waals surface area contributed by atoms with Gasteiger partial charge in [0.15, 0.2) is 5.66 Å². The Balaban J connectivity index is 1.92. The summed E-state index contributed by atoms with van der Waals surface area (Å²) in [5.41, 5.74) is -0.331. The summed E-state index contributed by atoms with van der Waals surface area (Å²) in [5.74, 6) is 0. The van der Waals surface area contributed by atoms with Crippen LogP contribution < -0.4 is 9.80 Å². The average molecular weight is 394 g/mol. The number of hydrogen-bond acceptors (Lipinski definition) is 4. The molecule has 1 atom stereocenters. The maximum Gasteiger partial charge on any atom is 0.339 e. The van der Waals surface area contributed by atoms with Gasteiger partial charge in [-0.15, -0.1) is 0 Å². The topological polar surface area (TPSA) is 87.0 Å². The number of urea groups is 2. The smallest absolute Gasteiger partial charge is 0.294 e. The van der Waals surface area contributed by atoms with Crippen molar-refractivity contribution in [3.05, 3.63) is 70.8 Å². The van der Waals surface area contributed by atoms with E-state index in [9.17, 15) is 19.7 Å². The molecule has 0 aromatic heterocycles. The lowest BCUT2D eigenvalue weighted by Crippen LogP contribution is -2.76. The molecule has 4 amide bonds. The van der Waals surface area contributed by atoms with Crippen molar-refractivity contribution >= 4 is 23.4 Å².